The van der Waals surface area contributed by atoms with Gasteiger partial charge in [0.15, 0.2) is 5.54 Å². The highest BCUT2D eigenvalue weighted by molar-refractivity contribution is 6.08. The van der Waals surface area contributed by atoms with Gasteiger partial charge in [0.05, 0.1) is 13.7 Å². The Hall–Kier alpha value is -4.07. The van der Waals surface area contributed by atoms with E-state index in [1.807, 2.05) is 25.1 Å². The summed E-state index contributed by atoms with van der Waals surface area (Å²) in [6.45, 7) is 5.73. The van der Waals surface area contributed by atoms with E-state index in [4.69, 9.17) is 9.15 Å². The standard InChI is InChI=1S/C24H23N3O5/c1-4-6-8-19-15(7-5-2)11-20(32-19)24(22(29)25-23(30)26-24)14-27-13-16-9-10-17(31-3)12-18(16)21(27)28/h4-12H,1,13-14H2,2-3H3,(H2,25,26,29,30)/b7-5-,8-6+/t24-/m0/s1. The molecule has 1 aromatic carbocycles. The lowest BCUT2D eigenvalue weighted by atomic mass is 9.95. The van der Waals surface area contributed by atoms with Crippen LogP contribution in [-0.4, -0.2) is 36.4 Å². The van der Waals surface area contributed by atoms with Crippen LogP contribution >= 0.6 is 0 Å². The second-order valence-electron chi connectivity index (χ2n) is 7.52. The zero-order chi connectivity index (χ0) is 22.9. The number of hydrogen-bond donors (Lipinski definition) is 2. The molecule has 2 aromatic rings. The molecule has 8 heteroatoms. The molecule has 4 amide bonds. The molecule has 3 heterocycles. The van der Waals surface area contributed by atoms with Crippen LogP contribution in [0.15, 0.2) is 53.5 Å². The van der Waals surface area contributed by atoms with Crippen molar-refractivity contribution in [3.05, 3.63) is 77.3 Å². The van der Waals surface area contributed by atoms with E-state index in [0.29, 0.717) is 23.6 Å². The van der Waals surface area contributed by atoms with Gasteiger partial charge in [0, 0.05) is 17.7 Å². The largest absolute Gasteiger partial charge is 0.497 e. The fourth-order valence-corrected chi connectivity index (χ4v) is 3.96. The quantitative estimate of drug-likeness (QED) is 0.516. The Morgan fingerprint density at radius 1 is 1.25 bits per heavy atom. The van der Waals surface area contributed by atoms with E-state index in [2.05, 4.69) is 17.2 Å². The smallest absolute Gasteiger partial charge is 0.322 e. The van der Waals surface area contributed by atoms with Gasteiger partial charge in [-0.25, -0.2) is 4.79 Å². The molecule has 0 aliphatic carbocycles. The van der Waals surface area contributed by atoms with E-state index >= 15 is 0 Å². The highest BCUT2D eigenvalue weighted by Crippen LogP contribution is 2.35. The molecule has 1 saturated heterocycles. The van der Waals surface area contributed by atoms with Crippen LogP contribution in [0, 0.1) is 0 Å². The van der Waals surface area contributed by atoms with Crippen LogP contribution in [0.2, 0.25) is 0 Å². The number of fused-ring (bicyclic) bond motifs is 1. The van der Waals surface area contributed by atoms with E-state index in [1.54, 1.807) is 36.4 Å². The normalized spacial score (nSPS) is 20.2. The second-order valence-corrected chi connectivity index (χ2v) is 7.52. The summed E-state index contributed by atoms with van der Waals surface area (Å²) < 4.78 is 11.2. The Morgan fingerprint density at radius 3 is 2.72 bits per heavy atom. The van der Waals surface area contributed by atoms with Crippen LogP contribution in [0.4, 0.5) is 4.79 Å². The predicted octanol–water partition coefficient (Wildman–Crippen LogP) is 3.21. The minimum Gasteiger partial charge on any atom is -0.497 e. The molecule has 0 bridgehead atoms. The number of nitrogens with zero attached hydrogens (tertiary/aromatic N) is 1. The molecule has 1 atom stereocenters. The first-order chi connectivity index (χ1) is 15.4. The van der Waals surface area contributed by atoms with Gasteiger partial charge in [-0.15, -0.1) is 0 Å². The average Bonchev–Trinajstić information content (AvgIpc) is 3.41. The van der Waals surface area contributed by atoms with Gasteiger partial charge in [-0.05, 0) is 36.8 Å². The number of amides is 4. The van der Waals surface area contributed by atoms with E-state index in [0.717, 1.165) is 11.1 Å². The number of carbonyl (C=O) groups is 3. The molecular weight excluding hydrogens is 410 g/mol. The topological polar surface area (TPSA) is 101 Å². The number of benzene rings is 1. The molecule has 4 rings (SSSR count). The lowest BCUT2D eigenvalue weighted by Crippen LogP contribution is -2.52. The van der Waals surface area contributed by atoms with Gasteiger partial charge in [0.25, 0.3) is 11.8 Å². The van der Waals surface area contributed by atoms with Crippen molar-refractivity contribution in [2.45, 2.75) is 19.0 Å². The Kier molecular flexibility index (Phi) is 5.44. The minimum atomic E-state index is -1.56. The molecule has 164 valence electrons. The van der Waals surface area contributed by atoms with Crippen molar-refractivity contribution >= 4 is 30.0 Å². The van der Waals surface area contributed by atoms with Crippen molar-refractivity contribution in [3.63, 3.8) is 0 Å². The van der Waals surface area contributed by atoms with Gasteiger partial charge in [-0.1, -0.05) is 36.9 Å². The third kappa shape index (κ3) is 3.49. The zero-order valence-electron chi connectivity index (χ0n) is 17.8. The summed E-state index contributed by atoms with van der Waals surface area (Å²) >= 11 is 0. The molecule has 32 heavy (non-hydrogen) atoms. The Balaban J connectivity index is 1.74. The van der Waals surface area contributed by atoms with E-state index in [1.165, 1.54) is 12.0 Å². The molecule has 0 saturated carbocycles. The maximum atomic E-state index is 13.1. The molecule has 2 N–H and O–H groups in total. The molecule has 0 unspecified atom stereocenters. The van der Waals surface area contributed by atoms with E-state index < -0.39 is 17.5 Å². The van der Waals surface area contributed by atoms with Crippen molar-refractivity contribution in [1.82, 2.24) is 15.5 Å². The summed E-state index contributed by atoms with van der Waals surface area (Å²) in [6.07, 6.45) is 8.71. The summed E-state index contributed by atoms with van der Waals surface area (Å²) in [6, 6.07) is 6.33. The number of urea groups is 1. The number of rotatable bonds is 7. The molecule has 1 aromatic heterocycles. The fraction of sp³-hybridized carbons (Fsp3) is 0.208. The van der Waals surface area contributed by atoms with Crippen LogP contribution in [0.3, 0.4) is 0 Å². The van der Waals surface area contributed by atoms with Crippen molar-refractivity contribution in [3.8, 4) is 5.75 Å². The summed E-state index contributed by atoms with van der Waals surface area (Å²) in [7, 11) is 1.53. The van der Waals surface area contributed by atoms with Gasteiger partial charge < -0.3 is 19.4 Å². The van der Waals surface area contributed by atoms with Gasteiger partial charge in [-0.3, -0.25) is 14.9 Å². The number of methoxy groups -OCH3 is 1. The summed E-state index contributed by atoms with van der Waals surface area (Å²) in [5.74, 6) is 0.482. The molecule has 2 aliphatic rings. The number of hydrogen-bond acceptors (Lipinski definition) is 5. The fourth-order valence-electron chi connectivity index (χ4n) is 3.96. The van der Waals surface area contributed by atoms with Crippen molar-refractivity contribution in [2.75, 3.05) is 13.7 Å². The maximum Gasteiger partial charge on any atom is 0.322 e. The highest BCUT2D eigenvalue weighted by atomic mass is 16.5. The molecular formula is C24H23N3O5. The number of imide groups is 1. The molecule has 1 fully saturated rings. The molecule has 0 radical (unpaired) electrons. The minimum absolute atomic E-state index is 0.0895. The van der Waals surface area contributed by atoms with Gasteiger partial charge in [0.1, 0.15) is 17.3 Å². The van der Waals surface area contributed by atoms with Crippen LogP contribution in [0.1, 0.15) is 39.9 Å². The number of ether oxygens (including phenoxy) is 1. The first-order valence-corrected chi connectivity index (χ1v) is 10.1. The predicted molar refractivity (Wildman–Crippen MR) is 119 cm³/mol. The van der Waals surface area contributed by atoms with Gasteiger partial charge in [-0.2, -0.15) is 0 Å². The third-order valence-corrected chi connectivity index (χ3v) is 5.51. The Morgan fingerprint density at radius 2 is 2.06 bits per heavy atom. The number of furan rings is 1. The first-order valence-electron chi connectivity index (χ1n) is 10.1. The second kappa shape index (κ2) is 8.22. The number of nitrogens with one attached hydrogen (secondary N) is 2. The lowest BCUT2D eigenvalue weighted by Gasteiger charge is -2.29. The Bertz CT molecular complexity index is 1180. The maximum absolute atomic E-state index is 13.1. The molecule has 2 aliphatic heterocycles. The van der Waals surface area contributed by atoms with Crippen molar-refractivity contribution in [2.24, 2.45) is 0 Å². The zero-order valence-corrected chi connectivity index (χ0v) is 17.8. The van der Waals surface area contributed by atoms with E-state index in [9.17, 15) is 14.4 Å². The SMILES string of the molecule is C=C/C=C/c1oc([C@]2(CN3Cc4ccc(OC)cc4C3=O)NC(=O)NC2=O)cc1/C=C\C. The van der Waals surface area contributed by atoms with Crippen molar-refractivity contribution in [1.29, 1.82) is 0 Å². The molecule has 8 nitrogen and oxygen atoms in total. The van der Waals surface area contributed by atoms with E-state index in [-0.39, 0.29) is 18.2 Å². The summed E-state index contributed by atoms with van der Waals surface area (Å²) in [4.78, 5) is 39.8. The van der Waals surface area contributed by atoms with Gasteiger partial charge >= 0.3 is 6.03 Å². The third-order valence-electron chi connectivity index (χ3n) is 5.51. The number of carbonyl (C=O) groups excluding carboxylic acids is 3. The average molecular weight is 433 g/mol. The number of allylic oxidation sites excluding steroid dienone is 3. The lowest BCUT2D eigenvalue weighted by molar-refractivity contribution is -0.125. The van der Waals surface area contributed by atoms with Crippen LogP contribution in [-0.2, 0) is 16.9 Å². The highest BCUT2D eigenvalue weighted by Gasteiger charge is 2.53. The summed E-state index contributed by atoms with van der Waals surface area (Å²) in [5.41, 5.74) is 0.497. The first kappa shape index (κ1) is 21.2. The monoisotopic (exact) mass is 433 g/mol. The van der Waals surface area contributed by atoms with Crippen LogP contribution in [0.5, 0.6) is 5.75 Å². The van der Waals surface area contributed by atoms with Crippen molar-refractivity contribution < 1.29 is 23.5 Å². The summed E-state index contributed by atoms with van der Waals surface area (Å²) in [5, 5.41) is 4.97. The molecule has 0 spiro atoms. The van der Waals surface area contributed by atoms with Crippen LogP contribution < -0.4 is 15.4 Å². The Labute approximate surface area is 185 Å². The van der Waals surface area contributed by atoms with Crippen LogP contribution in [0.25, 0.3) is 12.2 Å². The van der Waals surface area contributed by atoms with Gasteiger partial charge in [0.2, 0.25) is 0 Å².